The Kier molecular flexibility index (Phi) is 4.59. The van der Waals surface area contributed by atoms with Crippen LogP contribution in [0.4, 0.5) is 8.78 Å². The first-order chi connectivity index (χ1) is 7.86. The first kappa shape index (κ1) is 14.1. The molecule has 0 aliphatic rings. The second-order valence-corrected chi connectivity index (χ2v) is 5.98. The first-order valence-corrected chi connectivity index (χ1v) is 6.87. The maximum Gasteiger partial charge on any atom is 0.178 e. The molecule has 0 saturated heterocycles. The van der Waals surface area contributed by atoms with Gasteiger partial charge in [0.15, 0.2) is 21.5 Å². The largest absolute Gasteiger partial charge is 0.317 e. The fourth-order valence-corrected chi connectivity index (χ4v) is 2.72. The number of hydrogen-bond acceptors (Lipinski definition) is 3. The van der Waals surface area contributed by atoms with E-state index in [1.807, 2.05) is 6.92 Å². The van der Waals surface area contributed by atoms with Crippen molar-refractivity contribution in [3.8, 4) is 0 Å². The van der Waals surface area contributed by atoms with Crippen LogP contribution in [0.1, 0.15) is 13.3 Å². The van der Waals surface area contributed by atoms with Gasteiger partial charge in [-0.25, -0.2) is 17.2 Å². The van der Waals surface area contributed by atoms with Crippen LogP contribution in [-0.2, 0) is 9.84 Å². The molecule has 0 fully saturated rings. The predicted octanol–water partition coefficient (Wildman–Crippen LogP) is 1.74. The van der Waals surface area contributed by atoms with Gasteiger partial charge in [0, 0.05) is 6.04 Å². The van der Waals surface area contributed by atoms with Crippen LogP contribution in [-0.4, -0.2) is 27.3 Å². The standard InChI is InChI=1S/C11H15F2NO2S/c1-8(14-2)5-6-17(15,16)9-3-4-10(12)11(13)7-9/h3-4,7-8,14H,5-6H2,1-2H3. The number of halogens is 2. The molecule has 17 heavy (non-hydrogen) atoms. The highest BCUT2D eigenvalue weighted by atomic mass is 32.2. The van der Waals surface area contributed by atoms with Gasteiger partial charge in [0.05, 0.1) is 10.6 Å². The van der Waals surface area contributed by atoms with Crippen molar-refractivity contribution in [1.29, 1.82) is 0 Å². The van der Waals surface area contributed by atoms with Gasteiger partial charge in [-0.2, -0.15) is 0 Å². The smallest absolute Gasteiger partial charge is 0.178 e. The molecule has 96 valence electrons. The molecule has 0 radical (unpaired) electrons. The maximum atomic E-state index is 12.9. The zero-order valence-electron chi connectivity index (χ0n) is 9.70. The van der Waals surface area contributed by atoms with E-state index < -0.39 is 21.5 Å². The normalized spacial score (nSPS) is 13.6. The molecule has 0 aliphatic heterocycles. The van der Waals surface area contributed by atoms with Crippen LogP contribution in [0.5, 0.6) is 0 Å². The molecule has 1 N–H and O–H groups in total. The molecule has 0 aliphatic carbocycles. The SMILES string of the molecule is CNC(C)CCS(=O)(=O)c1ccc(F)c(F)c1. The number of benzene rings is 1. The van der Waals surface area contributed by atoms with Gasteiger partial charge in [-0.3, -0.25) is 0 Å². The zero-order valence-corrected chi connectivity index (χ0v) is 10.5. The highest BCUT2D eigenvalue weighted by Gasteiger charge is 2.17. The average Bonchev–Trinajstić information content (AvgIpc) is 2.29. The van der Waals surface area contributed by atoms with Crippen molar-refractivity contribution in [2.75, 3.05) is 12.8 Å². The molecule has 1 unspecified atom stereocenters. The van der Waals surface area contributed by atoms with Crippen LogP contribution in [0, 0.1) is 11.6 Å². The molecule has 1 aromatic rings. The second-order valence-electron chi connectivity index (χ2n) is 3.87. The lowest BCUT2D eigenvalue weighted by molar-refractivity contribution is 0.504. The van der Waals surface area contributed by atoms with Gasteiger partial charge in [0.2, 0.25) is 0 Å². The number of hydrogen-bond donors (Lipinski definition) is 1. The molecule has 1 aromatic carbocycles. The van der Waals surface area contributed by atoms with Gasteiger partial charge >= 0.3 is 0 Å². The van der Waals surface area contributed by atoms with Gasteiger partial charge in [-0.05, 0) is 38.6 Å². The van der Waals surface area contributed by atoms with Crippen molar-refractivity contribution in [2.45, 2.75) is 24.3 Å². The van der Waals surface area contributed by atoms with E-state index in [1.165, 1.54) is 0 Å². The van der Waals surface area contributed by atoms with Gasteiger partial charge < -0.3 is 5.32 Å². The van der Waals surface area contributed by atoms with Gasteiger partial charge in [0.1, 0.15) is 0 Å². The third-order valence-corrected chi connectivity index (χ3v) is 4.31. The molecule has 0 aromatic heterocycles. The van der Waals surface area contributed by atoms with Gasteiger partial charge in [0.25, 0.3) is 0 Å². The first-order valence-electron chi connectivity index (χ1n) is 5.22. The Labute approximate surface area is 99.8 Å². The Morgan fingerprint density at radius 1 is 1.29 bits per heavy atom. The van der Waals surface area contributed by atoms with E-state index in [-0.39, 0.29) is 16.7 Å². The van der Waals surface area contributed by atoms with Crippen LogP contribution in [0.15, 0.2) is 23.1 Å². The van der Waals surface area contributed by atoms with E-state index in [0.717, 1.165) is 12.1 Å². The Morgan fingerprint density at radius 3 is 2.47 bits per heavy atom. The molecule has 6 heteroatoms. The number of nitrogens with one attached hydrogen (secondary N) is 1. The number of rotatable bonds is 5. The second kappa shape index (κ2) is 5.55. The molecule has 1 rings (SSSR count). The average molecular weight is 263 g/mol. The minimum absolute atomic E-state index is 0.0510. The van der Waals surface area contributed by atoms with E-state index in [2.05, 4.69) is 5.32 Å². The van der Waals surface area contributed by atoms with Crippen molar-refractivity contribution < 1.29 is 17.2 Å². The molecule has 1 atom stereocenters. The summed E-state index contributed by atoms with van der Waals surface area (Å²) in [5, 5.41) is 2.91. The highest BCUT2D eigenvalue weighted by molar-refractivity contribution is 7.91. The summed E-state index contributed by atoms with van der Waals surface area (Å²) in [5.41, 5.74) is 0. The fraction of sp³-hybridized carbons (Fsp3) is 0.455. The van der Waals surface area contributed by atoms with Gasteiger partial charge in [-0.1, -0.05) is 0 Å². The monoisotopic (exact) mass is 263 g/mol. The van der Waals surface area contributed by atoms with E-state index in [9.17, 15) is 17.2 Å². The lowest BCUT2D eigenvalue weighted by Crippen LogP contribution is -2.24. The quantitative estimate of drug-likeness (QED) is 0.823. The van der Waals surface area contributed by atoms with E-state index in [4.69, 9.17) is 0 Å². The summed E-state index contributed by atoms with van der Waals surface area (Å²) in [7, 11) is -1.82. The van der Waals surface area contributed by atoms with E-state index in [1.54, 1.807) is 7.05 Å². The Bertz CT molecular complexity index is 488. The van der Waals surface area contributed by atoms with Crippen molar-refractivity contribution in [3.63, 3.8) is 0 Å². The van der Waals surface area contributed by atoms with Crippen molar-refractivity contribution >= 4 is 9.84 Å². The predicted molar refractivity (Wildman–Crippen MR) is 61.5 cm³/mol. The molecule has 3 nitrogen and oxygen atoms in total. The third-order valence-electron chi connectivity index (χ3n) is 2.56. The maximum absolute atomic E-state index is 12.9. The van der Waals surface area contributed by atoms with E-state index in [0.29, 0.717) is 12.5 Å². The summed E-state index contributed by atoms with van der Waals surface area (Å²) in [6, 6.07) is 2.67. The third kappa shape index (κ3) is 3.74. The summed E-state index contributed by atoms with van der Waals surface area (Å²) < 4.78 is 49.2. The van der Waals surface area contributed by atoms with E-state index >= 15 is 0 Å². The summed E-state index contributed by atoms with van der Waals surface area (Å²) in [6.45, 7) is 1.85. The van der Waals surface area contributed by atoms with Crippen LogP contribution in [0.25, 0.3) is 0 Å². The topological polar surface area (TPSA) is 46.2 Å². The molecule has 0 amide bonds. The minimum Gasteiger partial charge on any atom is -0.317 e. The van der Waals surface area contributed by atoms with Crippen molar-refractivity contribution in [2.24, 2.45) is 0 Å². The lowest BCUT2D eigenvalue weighted by atomic mass is 10.3. The number of sulfone groups is 1. The molecular weight excluding hydrogens is 248 g/mol. The highest BCUT2D eigenvalue weighted by Crippen LogP contribution is 2.16. The Morgan fingerprint density at radius 2 is 1.94 bits per heavy atom. The minimum atomic E-state index is -3.55. The molecule has 0 spiro atoms. The summed E-state index contributed by atoms with van der Waals surface area (Å²) in [4.78, 5) is -0.181. The summed E-state index contributed by atoms with van der Waals surface area (Å²) in [6.07, 6.45) is 0.415. The van der Waals surface area contributed by atoms with Crippen LogP contribution >= 0.6 is 0 Å². The van der Waals surface area contributed by atoms with Crippen molar-refractivity contribution in [1.82, 2.24) is 5.32 Å². The zero-order chi connectivity index (χ0) is 13.1. The molecular formula is C11H15F2NO2S. The van der Waals surface area contributed by atoms with Crippen LogP contribution in [0.3, 0.4) is 0 Å². The Hall–Kier alpha value is -1.01. The van der Waals surface area contributed by atoms with Crippen molar-refractivity contribution in [3.05, 3.63) is 29.8 Å². The Balaban J connectivity index is 2.86. The lowest BCUT2D eigenvalue weighted by Gasteiger charge is -2.10. The van der Waals surface area contributed by atoms with Gasteiger partial charge in [-0.15, -0.1) is 0 Å². The summed E-state index contributed by atoms with van der Waals surface area (Å²) in [5.74, 6) is -2.29. The fourth-order valence-electron chi connectivity index (χ4n) is 1.26. The molecule has 0 heterocycles. The molecule has 0 bridgehead atoms. The summed E-state index contributed by atoms with van der Waals surface area (Å²) >= 11 is 0. The van der Waals surface area contributed by atoms with Crippen LogP contribution < -0.4 is 5.32 Å². The van der Waals surface area contributed by atoms with Crippen LogP contribution in [0.2, 0.25) is 0 Å². The molecule has 0 saturated carbocycles.